The van der Waals surface area contributed by atoms with Crippen molar-refractivity contribution in [1.82, 2.24) is 0 Å². The highest BCUT2D eigenvalue weighted by Gasteiger charge is 2.29. The Morgan fingerprint density at radius 3 is 2.88 bits per heavy atom. The summed E-state index contributed by atoms with van der Waals surface area (Å²) < 4.78 is 30.8. The van der Waals surface area contributed by atoms with Gasteiger partial charge in [0.05, 0.1) is 27.6 Å². The minimum absolute atomic E-state index is 0.186. The number of hydrogen-bond acceptors (Lipinski definition) is 3. The molecule has 2 rings (SSSR count). The fraction of sp³-hybridized carbons (Fsp3) is 0.455. The second kappa shape index (κ2) is 5.03. The highest BCUT2D eigenvalue weighted by molar-refractivity contribution is 7.85. The molecule has 0 radical (unpaired) electrons. The maximum Gasteiger partial charge on any atom is 0.139 e. The van der Waals surface area contributed by atoms with Crippen molar-refractivity contribution in [3.63, 3.8) is 0 Å². The molecule has 2 N–H and O–H groups in total. The van der Waals surface area contributed by atoms with Crippen molar-refractivity contribution in [2.75, 3.05) is 13.2 Å². The summed E-state index contributed by atoms with van der Waals surface area (Å²) in [6.45, 7) is 0.925. The Balaban J connectivity index is 2.21. The first-order valence-electron chi connectivity index (χ1n) is 5.18. The van der Waals surface area contributed by atoms with Crippen LogP contribution in [-0.2, 0) is 15.5 Å². The summed E-state index contributed by atoms with van der Waals surface area (Å²) in [4.78, 5) is 0.216. The van der Waals surface area contributed by atoms with Crippen molar-refractivity contribution >= 4 is 10.8 Å². The van der Waals surface area contributed by atoms with Gasteiger partial charge in [-0.3, -0.25) is 4.21 Å². The maximum absolute atomic E-state index is 13.4. The molecule has 1 aliphatic heterocycles. The van der Waals surface area contributed by atoms with Crippen LogP contribution >= 0.6 is 0 Å². The van der Waals surface area contributed by atoms with Crippen molar-refractivity contribution < 1.29 is 13.3 Å². The van der Waals surface area contributed by atoms with E-state index in [1.807, 2.05) is 0 Å². The molecule has 0 aromatic heterocycles. The van der Waals surface area contributed by atoms with E-state index >= 15 is 0 Å². The topological polar surface area (TPSA) is 52.3 Å². The van der Waals surface area contributed by atoms with Crippen molar-refractivity contribution in [3.8, 4) is 0 Å². The predicted octanol–water partition coefficient (Wildman–Crippen LogP) is 1.05. The van der Waals surface area contributed by atoms with Gasteiger partial charge < -0.3 is 10.5 Å². The van der Waals surface area contributed by atoms with E-state index in [0.717, 1.165) is 0 Å². The summed E-state index contributed by atoms with van der Waals surface area (Å²) in [7, 11) is -1.44. The SMILES string of the molecule is NC1CCOCC1S(=O)c1ccccc1F. The molecule has 0 spiro atoms. The van der Waals surface area contributed by atoms with E-state index < -0.39 is 16.6 Å². The molecule has 1 aliphatic rings. The van der Waals surface area contributed by atoms with Crippen LogP contribution in [0.2, 0.25) is 0 Å². The molecule has 0 saturated carbocycles. The van der Waals surface area contributed by atoms with Gasteiger partial charge in [0, 0.05) is 12.6 Å². The quantitative estimate of drug-likeness (QED) is 0.844. The van der Waals surface area contributed by atoms with Crippen molar-refractivity contribution in [1.29, 1.82) is 0 Å². The smallest absolute Gasteiger partial charge is 0.139 e. The van der Waals surface area contributed by atoms with Gasteiger partial charge in [-0.15, -0.1) is 0 Å². The molecule has 1 aromatic carbocycles. The molecule has 1 aromatic rings. The average molecular weight is 243 g/mol. The highest BCUT2D eigenvalue weighted by Crippen LogP contribution is 2.20. The molecule has 3 unspecified atom stereocenters. The lowest BCUT2D eigenvalue weighted by molar-refractivity contribution is 0.0903. The van der Waals surface area contributed by atoms with E-state index in [2.05, 4.69) is 0 Å². The Morgan fingerprint density at radius 2 is 2.19 bits per heavy atom. The first-order chi connectivity index (χ1) is 7.70. The van der Waals surface area contributed by atoms with Crippen LogP contribution in [0.1, 0.15) is 6.42 Å². The first kappa shape index (κ1) is 11.7. The van der Waals surface area contributed by atoms with Gasteiger partial charge in [0.15, 0.2) is 0 Å². The number of nitrogens with two attached hydrogens (primary N) is 1. The summed E-state index contributed by atoms with van der Waals surface area (Å²) in [5, 5.41) is -0.314. The fourth-order valence-electron chi connectivity index (χ4n) is 1.72. The van der Waals surface area contributed by atoms with Gasteiger partial charge in [0.25, 0.3) is 0 Å². The molecular formula is C11H14FNO2S. The summed E-state index contributed by atoms with van der Waals surface area (Å²) in [6.07, 6.45) is 0.671. The van der Waals surface area contributed by atoms with Crippen LogP contribution in [0.5, 0.6) is 0 Å². The summed E-state index contributed by atoms with van der Waals surface area (Å²) >= 11 is 0. The van der Waals surface area contributed by atoms with E-state index in [1.54, 1.807) is 12.1 Å². The summed E-state index contributed by atoms with van der Waals surface area (Å²) in [5.41, 5.74) is 5.87. The zero-order valence-corrected chi connectivity index (χ0v) is 9.58. The molecule has 1 saturated heterocycles. The zero-order chi connectivity index (χ0) is 11.5. The Hall–Kier alpha value is -0.780. The van der Waals surface area contributed by atoms with E-state index in [-0.39, 0.29) is 16.2 Å². The van der Waals surface area contributed by atoms with Crippen molar-refractivity contribution in [2.45, 2.75) is 22.6 Å². The third-order valence-corrected chi connectivity index (χ3v) is 4.48. The monoisotopic (exact) mass is 243 g/mol. The van der Waals surface area contributed by atoms with Crippen LogP contribution in [0.4, 0.5) is 4.39 Å². The number of benzene rings is 1. The normalized spacial score (nSPS) is 27.6. The third-order valence-electron chi connectivity index (χ3n) is 2.68. The van der Waals surface area contributed by atoms with Gasteiger partial charge in [-0.05, 0) is 18.6 Å². The molecule has 0 bridgehead atoms. The molecule has 1 heterocycles. The van der Waals surface area contributed by atoms with Crippen LogP contribution in [-0.4, -0.2) is 28.7 Å². The number of halogens is 1. The summed E-state index contributed by atoms with van der Waals surface area (Å²) in [5.74, 6) is -0.446. The second-order valence-corrected chi connectivity index (χ2v) is 5.43. The Kier molecular flexibility index (Phi) is 3.68. The lowest BCUT2D eigenvalue weighted by Crippen LogP contribution is -2.45. The van der Waals surface area contributed by atoms with Gasteiger partial charge in [-0.25, -0.2) is 4.39 Å². The van der Waals surface area contributed by atoms with E-state index in [0.29, 0.717) is 19.6 Å². The first-order valence-corrected chi connectivity index (χ1v) is 6.40. The highest BCUT2D eigenvalue weighted by atomic mass is 32.2. The van der Waals surface area contributed by atoms with Gasteiger partial charge in [-0.2, -0.15) is 0 Å². The molecule has 0 amide bonds. The zero-order valence-electron chi connectivity index (χ0n) is 8.77. The lowest BCUT2D eigenvalue weighted by atomic mass is 10.1. The van der Waals surface area contributed by atoms with E-state index in [4.69, 9.17) is 10.5 Å². The van der Waals surface area contributed by atoms with Crippen molar-refractivity contribution in [2.24, 2.45) is 5.73 Å². The fourth-order valence-corrected chi connectivity index (χ4v) is 3.19. The lowest BCUT2D eigenvalue weighted by Gasteiger charge is -2.27. The number of hydrogen-bond donors (Lipinski definition) is 1. The Bertz CT molecular complexity index is 399. The van der Waals surface area contributed by atoms with Crippen LogP contribution < -0.4 is 5.73 Å². The average Bonchev–Trinajstić information content (AvgIpc) is 2.29. The van der Waals surface area contributed by atoms with Gasteiger partial charge in [-0.1, -0.05) is 12.1 Å². The Labute approximate surface area is 96.2 Å². The largest absolute Gasteiger partial charge is 0.380 e. The Morgan fingerprint density at radius 1 is 1.44 bits per heavy atom. The minimum atomic E-state index is -1.44. The maximum atomic E-state index is 13.4. The number of ether oxygens (including phenoxy) is 1. The van der Waals surface area contributed by atoms with Crippen LogP contribution in [0.15, 0.2) is 29.2 Å². The second-order valence-electron chi connectivity index (χ2n) is 3.79. The molecule has 16 heavy (non-hydrogen) atoms. The molecule has 88 valence electrons. The van der Waals surface area contributed by atoms with E-state index in [9.17, 15) is 8.60 Å². The number of rotatable bonds is 2. The predicted molar refractivity (Wildman–Crippen MR) is 60.0 cm³/mol. The third kappa shape index (κ3) is 2.31. The van der Waals surface area contributed by atoms with Crippen LogP contribution in [0, 0.1) is 5.82 Å². The van der Waals surface area contributed by atoms with Gasteiger partial charge >= 0.3 is 0 Å². The molecule has 0 aliphatic carbocycles. The van der Waals surface area contributed by atoms with Gasteiger partial charge in [0.2, 0.25) is 0 Å². The molecule has 3 atom stereocenters. The summed E-state index contributed by atoms with van der Waals surface area (Å²) in [6, 6.07) is 5.91. The molecule has 5 heteroatoms. The van der Waals surface area contributed by atoms with E-state index in [1.165, 1.54) is 12.1 Å². The standard InChI is InChI=1S/C11H14FNO2S/c12-8-3-1-2-4-10(8)16(14)11-7-15-6-5-9(11)13/h1-4,9,11H,5-7,13H2. The molecule has 1 fully saturated rings. The van der Waals surface area contributed by atoms with Crippen LogP contribution in [0.25, 0.3) is 0 Å². The molecule has 3 nitrogen and oxygen atoms in total. The minimum Gasteiger partial charge on any atom is -0.380 e. The van der Waals surface area contributed by atoms with Crippen LogP contribution in [0.3, 0.4) is 0 Å². The molecular weight excluding hydrogens is 229 g/mol. The van der Waals surface area contributed by atoms with Gasteiger partial charge in [0.1, 0.15) is 5.82 Å². The van der Waals surface area contributed by atoms with Crippen molar-refractivity contribution in [3.05, 3.63) is 30.1 Å².